The smallest absolute Gasteiger partial charge is 0.130 e. The molecule has 1 aromatic carbocycles. The number of halogens is 2. The van der Waals surface area contributed by atoms with E-state index in [1.807, 2.05) is 6.92 Å². The maximum atomic E-state index is 13.9. The number of benzene rings is 1. The van der Waals surface area contributed by atoms with E-state index in [4.69, 9.17) is 5.73 Å². The molecule has 3 unspecified atom stereocenters. The first kappa shape index (κ1) is 14.4. The molecule has 19 heavy (non-hydrogen) atoms. The molecule has 106 valence electrons. The van der Waals surface area contributed by atoms with Crippen LogP contribution in [-0.2, 0) is 0 Å². The van der Waals surface area contributed by atoms with Crippen molar-refractivity contribution in [2.45, 2.75) is 38.8 Å². The van der Waals surface area contributed by atoms with Crippen molar-refractivity contribution in [3.63, 3.8) is 0 Å². The molecule has 0 aliphatic carbocycles. The van der Waals surface area contributed by atoms with Crippen molar-refractivity contribution in [3.8, 4) is 0 Å². The molecule has 2 rings (SSSR count). The molecule has 2 N–H and O–H groups in total. The van der Waals surface area contributed by atoms with Gasteiger partial charge in [-0.2, -0.15) is 0 Å². The lowest BCUT2D eigenvalue weighted by Crippen LogP contribution is -2.49. The molecule has 0 saturated carbocycles. The van der Waals surface area contributed by atoms with Crippen LogP contribution in [0.25, 0.3) is 0 Å². The molecule has 1 saturated heterocycles. The lowest BCUT2D eigenvalue weighted by atomic mass is 9.88. The number of hydrogen-bond acceptors (Lipinski definition) is 2. The minimum absolute atomic E-state index is 0.162. The Hall–Kier alpha value is -1.00. The van der Waals surface area contributed by atoms with Crippen LogP contribution in [-0.4, -0.2) is 24.0 Å². The maximum Gasteiger partial charge on any atom is 0.130 e. The fourth-order valence-electron chi connectivity index (χ4n) is 3.21. The van der Waals surface area contributed by atoms with E-state index >= 15 is 0 Å². The summed E-state index contributed by atoms with van der Waals surface area (Å²) >= 11 is 0. The van der Waals surface area contributed by atoms with Gasteiger partial charge in [-0.05, 0) is 44.4 Å². The van der Waals surface area contributed by atoms with E-state index in [-0.39, 0.29) is 17.6 Å². The Kier molecular flexibility index (Phi) is 4.53. The Morgan fingerprint density at radius 3 is 2.58 bits per heavy atom. The van der Waals surface area contributed by atoms with Gasteiger partial charge in [0.1, 0.15) is 11.6 Å². The van der Waals surface area contributed by atoms with Gasteiger partial charge in [0, 0.05) is 24.2 Å². The van der Waals surface area contributed by atoms with Crippen molar-refractivity contribution in [1.29, 1.82) is 0 Å². The minimum Gasteiger partial charge on any atom is -0.329 e. The molecule has 1 aliphatic rings. The zero-order valence-corrected chi connectivity index (χ0v) is 11.6. The van der Waals surface area contributed by atoms with Gasteiger partial charge in [0.15, 0.2) is 0 Å². The number of hydrogen-bond donors (Lipinski definition) is 1. The normalized spacial score (nSPS) is 26.4. The molecule has 1 fully saturated rings. The highest BCUT2D eigenvalue weighted by Crippen LogP contribution is 2.33. The highest BCUT2D eigenvalue weighted by Gasteiger charge is 2.33. The van der Waals surface area contributed by atoms with Crippen molar-refractivity contribution in [2.75, 3.05) is 13.1 Å². The molecule has 0 radical (unpaired) electrons. The number of piperidine rings is 1. The summed E-state index contributed by atoms with van der Waals surface area (Å²) in [6, 6.07) is 3.96. The van der Waals surface area contributed by atoms with E-state index in [1.165, 1.54) is 18.2 Å². The van der Waals surface area contributed by atoms with Crippen molar-refractivity contribution in [1.82, 2.24) is 4.90 Å². The molecular weight excluding hydrogens is 246 g/mol. The summed E-state index contributed by atoms with van der Waals surface area (Å²) in [5, 5.41) is 0. The zero-order chi connectivity index (χ0) is 14.0. The van der Waals surface area contributed by atoms with Crippen LogP contribution in [0.2, 0.25) is 0 Å². The first-order valence-electron chi connectivity index (χ1n) is 6.96. The summed E-state index contributed by atoms with van der Waals surface area (Å²) in [5.41, 5.74) is 6.01. The molecule has 1 heterocycles. The Balaban J connectivity index is 2.29. The van der Waals surface area contributed by atoms with Crippen LogP contribution >= 0.6 is 0 Å². The van der Waals surface area contributed by atoms with Crippen LogP contribution in [0, 0.1) is 17.6 Å². The van der Waals surface area contributed by atoms with Crippen molar-refractivity contribution < 1.29 is 8.78 Å². The van der Waals surface area contributed by atoms with Gasteiger partial charge < -0.3 is 5.73 Å². The van der Waals surface area contributed by atoms with Crippen LogP contribution in [0.4, 0.5) is 8.78 Å². The zero-order valence-electron chi connectivity index (χ0n) is 11.6. The van der Waals surface area contributed by atoms with E-state index < -0.39 is 11.6 Å². The molecule has 0 spiro atoms. The molecule has 0 aromatic heterocycles. The van der Waals surface area contributed by atoms with Crippen LogP contribution in [0.3, 0.4) is 0 Å². The molecule has 1 aromatic rings. The number of likely N-dealkylation sites (tertiary alicyclic amines) is 1. The van der Waals surface area contributed by atoms with E-state index in [0.29, 0.717) is 12.5 Å². The molecule has 3 atom stereocenters. The van der Waals surface area contributed by atoms with E-state index in [9.17, 15) is 8.78 Å². The summed E-state index contributed by atoms with van der Waals surface area (Å²) < 4.78 is 27.8. The second kappa shape index (κ2) is 5.97. The SMILES string of the molecule is CC1CCCN(C(C)c2c(F)cccc2F)C1CN. The van der Waals surface area contributed by atoms with Gasteiger partial charge in [-0.15, -0.1) is 0 Å². The molecule has 4 heteroatoms. The topological polar surface area (TPSA) is 29.3 Å². The van der Waals surface area contributed by atoms with E-state index in [0.717, 1.165) is 19.4 Å². The number of nitrogens with two attached hydrogens (primary N) is 1. The van der Waals surface area contributed by atoms with Crippen molar-refractivity contribution in [3.05, 3.63) is 35.4 Å². The van der Waals surface area contributed by atoms with Gasteiger partial charge >= 0.3 is 0 Å². The molecule has 0 bridgehead atoms. The lowest BCUT2D eigenvalue weighted by Gasteiger charge is -2.43. The minimum atomic E-state index is -0.471. The third-order valence-corrected chi connectivity index (χ3v) is 4.32. The van der Waals surface area contributed by atoms with Gasteiger partial charge in [-0.3, -0.25) is 4.90 Å². The van der Waals surface area contributed by atoms with E-state index in [2.05, 4.69) is 11.8 Å². The summed E-state index contributed by atoms with van der Waals surface area (Å²) in [4.78, 5) is 2.15. The second-order valence-corrected chi connectivity index (χ2v) is 5.47. The Bertz CT molecular complexity index is 416. The molecule has 2 nitrogen and oxygen atoms in total. The van der Waals surface area contributed by atoms with Crippen LogP contribution < -0.4 is 5.73 Å². The average Bonchev–Trinajstić information content (AvgIpc) is 2.38. The first-order valence-corrected chi connectivity index (χ1v) is 6.96. The Morgan fingerprint density at radius 1 is 1.37 bits per heavy atom. The van der Waals surface area contributed by atoms with Crippen LogP contribution in [0.1, 0.15) is 38.3 Å². The average molecular weight is 268 g/mol. The predicted octanol–water partition coefficient (Wildman–Crippen LogP) is 3.09. The monoisotopic (exact) mass is 268 g/mol. The van der Waals surface area contributed by atoms with E-state index in [1.54, 1.807) is 0 Å². The molecule has 0 amide bonds. The van der Waals surface area contributed by atoms with Gasteiger partial charge in [-0.25, -0.2) is 8.78 Å². The quantitative estimate of drug-likeness (QED) is 0.912. The Labute approximate surface area is 113 Å². The predicted molar refractivity (Wildman–Crippen MR) is 72.7 cm³/mol. The summed E-state index contributed by atoms with van der Waals surface area (Å²) in [5.74, 6) is -0.473. The standard InChI is InChI=1S/C15H22F2N2/c1-10-5-4-8-19(14(10)9-18)11(2)15-12(16)6-3-7-13(15)17/h3,6-7,10-11,14H,4-5,8-9,18H2,1-2H3. The van der Waals surface area contributed by atoms with Gasteiger partial charge in [-0.1, -0.05) is 13.0 Å². The van der Waals surface area contributed by atoms with Crippen LogP contribution in [0.5, 0.6) is 0 Å². The third-order valence-electron chi connectivity index (χ3n) is 4.32. The fourth-order valence-corrected chi connectivity index (χ4v) is 3.21. The summed E-state index contributed by atoms with van der Waals surface area (Å²) in [6.07, 6.45) is 2.18. The highest BCUT2D eigenvalue weighted by molar-refractivity contribution is 5.23. The number of rotatable bonds is 3. The second-order valence-electron chi connectivity index (χ2n) is 5.47. The summed E-state index contributed by atoms with van der Waals surface area (Å²) in [6.45, 7) is 5.40. The number of nitrogens with zero attached hydrogens (tertiary/aromatic N) is 1. The van der Waals surface area contributed by atoms with Gasteiger partial charge in [0.2, 0.25) is 0 Å². The van der Waals surface area contributed by atoms with Gasteiger partial charge in [0.05, 0.1) is 0 Å². The van der Waals surface area contributed by atoms with Gasteiger partial charge in [0.25, 0.3) is 0 Å². The van der Waals surface area contributed by atoms with Crippen molar-refractivity contribution >= 4 is 0 Å². The lowest BCUT2D eigenvalue weighted by molar-refractivity contribution is 0.0659. The molecule has 1 aliphatic heterocycles. The fraction of sp³-hybridized carbons (Fsp3) is 0.600. The largest absolute Gasteiger partial charge is 0.329 e. The van der Waals surface area contributed by atoms with Crippen LogP contribution in [0.15, 0.2) is 18.2 Å². The third kappa shape index (κ3) is 2.79. The highest BCUT2D eigenvalue weighted by atomic mass is 19.1. The van der Waals surface area contributed by atoms with Crippen molar-refractivity contribution in [2.24, 2.45) is 11.7 Å². The first-order chi connectivity index (χ1) is 9.06. The summed E-state index contributed by atoms with van der Waals surface area (Å²) in [7, 11) is 0. The maximum absolute atomic E-state index is 13.9. The Morgan fingerprint density at radius 2 is 2.00 bits per heavy atom. The molecular formula is C15H22F2N2.